The largest absolute Gasteiger partial charge is 0.340 e. The average Bonchev–Trinajstić information content (AvgIpc) is 3.03. The SMILES string of the molecule is CCC(=O)N1CCC[C@H]1c1nc2ccccc2[nH]1. The van der Waals surface area contributed by atoms with Crippen LogP contribution in [0.2, 0.25) is 0 Å². The number of fused-ring (bicyclic) bond motifs is 1. The van der Waals surface area contributed by atoms with E-state index >= 15 is 0 Å². The van der Waals surface area contributed by atoms with E-state index in [0.29, 0.717) is 6.42 Å². The van der Waals surface area contributed by atoms with E-state index in [2.05, 4.69) is 9.97 Å². The van der Waals surface area contributed by atoms with Crippen LogP contribution in [0.25, 0.3) is 11.0 Å². The summed E-state index contributed by atoms with van der Waals surface area (Å²) in [4.78, 5) is 21.8. The molecule has 94 valence electrons. The molecule has 1 aromatic carbocycles. The number of likely N-dealkylation sites (tertiary alicyclic amines) is 1. The van der Waals surface area contributed by atoms with Crippen molar-refractivity contribution in [3.05, 3.63) is 30.1 Å². The lowest BCUT2D eigenvalue weighted by molar-refractivity contribution is -0.131. The second-order valence-corrected chi connectivity index (χ2v) is 4.74. The molecule has 1 aliphatic heterocycles. The summed E-state index contributed by atoms with van der Waals surface area (Å²) in [6.45, 7) is 2.77. The number of benzene rings is 1. The zero-order chi connectivity index (χ0) is 12.5. The van der Waals surface area contributed by atoms with Gasteiger partial charge in [0.2, 0.25) is 5.91 Å². The molecule has 1 fully saturated rings. The van der Waals surface area contributed by atoms with E-state index in [4.69, 9.17) is 0 Å². The van der Waals surface area contributed by atoms with Gasteiger partial charge >= 0.3 is 0 Å². The number of H-pyrrole nitrogens is 1. The molecule has 0 aliphatic carbocycles. The lowest BCUT2D eigenvalue weighted by Gasteiger charge is -2.22. The molecule has 0 spiro atoms. The van der Waals surface area contributed by atoms with Gasteiger partial charge in [0.1, 0.15) is 5.82 Å². The Kier molecular flexibility index (Phi) is 2.78. The number of hydrogen-bond acceptors (Lipinski definition) is 2. The minimum absolute atomic E-state index is 0.129. The van der Waals surface area contributed by atoms with Gasteiger partial charge in [-0.25, -0.2) is 4.98 Å². The topological polar surface area (TPSA) is 49.0 Å². The molecule has 18 heavy (non-hydrogen) atoms. The van der Waals surface area contributed by atoms with Crippen molar-refractivity contribution in [2.75, 3.05) is 6.54 Å². The minimum Gasteiger partial charge on any atom is -0.340 e. The number of amides is 1. The summed E-state index contributed by atoms with van der Waals surface area (Å²) < 4.78 is 0. The third kappa shape index (κ3) is 1.78. The minimum atomic E-state index is 0.129. The van der Waals surface area contributed by atoms with Crippen molar-refractivity contribution in [3.8, 4) is 0 Å². The summed E-state index contributed by atoms with van der Waals surface area (Å²) in [6, 6.07) is 8.12. The van der Waals surface area contributed by atoms with Crippen LogP contribution >= 0.6 is 0 Å². The molecule has 1 saturated heterocycles. The highest BCUT2D eigenvalue weighted by Gasteiger charge is 2.31. The van der Waals surface area contributed by atoms with Crippen LogP contribution in [0.4, 0.5) is 0 Å². The lowest BCUT2D eigenvalue weighted by atomic mass is 10.2. The number of aromatic amines is 1. The molecule has 2 aromatic rings. The molecule has 0 bridgehead atoms. The van der Waals surface area contributed by atoms with Gasteiger partial charge in [0.05, 0.1) is 17.1 Å². The molecule has 2 heterocycles. The summed E-state index contributed by atoms with van der Waals surface area (Å²) in [6.07, 6.45) is 2.63. The Balaban J connectivity index is 1.95. The van der Waals surface area contributed by atoms with Crippen LogP contribution in [0, 0.1) is 0 Å². The highest BCUT2D eigenvalue weighted by atomic mass is 16.2. The third-order valence-electron chi connectivity index (χ3n) is 3.60. The Morgan fingerprint density at radius 1 is 1.50 bits per heavy atom. The van der Waals surface area contributed by atoms with Crippen molar-refractivity contribution < 1.29 is 4.79 Å². The van der Waals surface area contributed by atoms with Gasteiger partial charge in [0, 0.05) is 13.0 Å². The van der Waals surface area contributed by atoms with Crippen LogP contribution < -0.4 is 0 Å². The maximum atomic E-state index is 11.9. The Hall–Kier alpha value is -1.84. The van der Waals surface area contributed by atoms with Crippen LogP contribution in [0.15, 0.2) is 24.3 Å². The van der Waals surface area contributed by atoms with Gasteiger partial charge in [-0.3, -0.25) is 4.79 Å². The maximum absolute atomic E-state index is 11.9. The van der Waals surface area contributed by atoms with E-state index in [1.807, 2.05) is 36.1 Å². The van der Waals surface area contributed by atoms with Crippen LogP contribution in [-0.2, 0) is 4.79 Å². The average molecular weight is 243 g/mol. The second-order valence-electron chi connectivity index (χ2n) is 4.74. The van der Waals surface area contributed by atoms with Gasteiger partial charge in [-0.2, -0.15) is 0 Å². The van der Waals surface area contributed by atoms with Crippen LogP contribution in [-0.4, -0.2) is 27.3 Å². The van der Waals surface area contributed by atoms with Crippen molar-refractivity contribution in [3.63, 3.8) is 0 Å². The van der Waals surface area contributed by atoms with Gasteiger partial charge in [-0.05, 0) is 25.0 Å². The van der Waals surface area contributed by atoms with Gasteiger partial charge in [0.25, 0.3) is 0 Å². The number of carbonyl (C=O) groups excluding carboxylic acids is 1. The van der Waals surface area contributed by atoms with Crippen LogP contribution in [0.3, 0.4) is 0 Å². The Morgan fingerprint density at radius 3 is 3.11 bits per heavy atom. The van der Waals surface area contributed by atoms with Crippen LogP contribution in [0.5, 0.6) is 0 Å². The van der Waals surface area contributed by atoms with Crippen molar-refractivity contribution in [1.82, 2.24) is 14.9 Å². The number of para-hydroxylation sites is 2. The molecule has 1 N–H and O–H groups in total. The van der Waals surface area contributed by atoms with E-state index in [1.165, 1.54) is 0 Å². The molecule has 0 unspecified atom stereocenters. The van der Waals surface area contributed by atoms with E-state index < -0.39 is 0 Å². The van der Waals surface area contributed by atoms with Gasteiger partial charge in [0.15, 0.2) is 0 Å². The second kappa shape index (κ2) is 4.44. The highest BCUT2D eigenvalue weighted by Crippen LogP contribution is 2.31. The fourth-order valence-electron chi connectivity index (χ4n) is 2.68. The fraction of sp³-hybridized carbons (Fsp3) is 0.429. The molecule has 3 rings (SSSR count). The molecule has 0 radical (unpaired) electrons. The van der Waals surface area contributed by atoms with Crippen molar-refractivity contribution >= 4 is 16.9 Å². The predicted octanol–water partition coefficient (Wildman–Crippen LogP) is 2.64. The van der Waals surface area contributed by atoms with E-state index in [0.717, 1.165) is 36.2 Å². The van der Waals surface area contributed by atoms with Gasteiger partial charge in [-0.1, -0.05) is 19.1 Å². The lowest BCUT2D eigenvalue weighted by Crippen LogP contribution is -2.30. The molecule has 1 atom stereocenters. The van der Waals surface area contributed by atoms with Gasteiger partial charge in [-0.15, -0.1) is 0 Å². The predicted molar refractivity (Wildman–Crippen MR) is 70.1 cm³/mol. The van der Waals surface area contributed by atoms with Gasteiger partial charge < -0.3 is 9.88 Å². The maximum Gasteiger partial charge on any atom is 0.222 e. The number of nitrogens with zero attached hydrogens (tertiary/aromatic N) is 2. The number of nitrogens with one attached hydrogen (secondary N) is 1. The molecule has 4 nitrogen and oxygen atoms in total. The Bertz CT molecular complexity index is 542. The number of hydrogen-bond donors (Lipinski definition) is 1. The monoisotopic (exact) mass is 243 g/mol. The van der Waals surface area contributed by atoms with E-state index in [1.54, 1.807) is 0 Å². The first-order chi connectivity index (χ1) is 8.79. The first kappa shape index (κ1) is 11.3. The summed E-state index contributed by atoms with van der Waals surface area (Å²) in [5.41, 5.74) is 2.02. The number of aromatic nitrogens is 2. The normalized spacial score (nSPS) is 19.6. The number of imidazole rings is 1. The Labute approximate surface area is 106 Å². The summed E-state index contributed by atoms with van der Waals surface area (Å²) in [7, 11) is 0. The fourth-order valence-corrected chi connectivity index (χ4v) is 2.68. The number of rotatable bonds is 2. The zero-order valence-electron chi connectivity index (χ0n) is 10.5. The van der Waals surface area contributed by atoms with Crippen LogP contribution in [0.1, 0.15) is 38.1 Å². The zero-order valence-corrected chi connectivity index (χ0v) is 10.5. The molecule has 1 aliphatic rings. The summed E-state index contributed by atoms with van der Waals surface area (Å²) in [5, 5.41) is 0. The molecular weight excluding hydrogens is 226 g/mol. The van der Waals surface area contributed by atoms with Crippen molar-refractivity contribution in [1.29, 1.82) is 0 Å². The Morgan fingerprint density at radius 2 is 2.33 bits per heavy atom. The first-order valence-electron chi connectivity index (χ1n) is 6.53. The van der Waals surface area contributed by atoms with Crippen molar-refractivity contribution in [2.24, 2.45) is 0 Å². The smallest absolute Gasteiger partial charge is 0.222 e. The molecule has 0 saturated carbocycles. The molecule has 4 heteroatoms. The van der Waals surface area contributed by atoms with Crippen molar-refractivity contribution in [2.45, 2.75) is 32.2 Å². The van der Waals surface area contributed by atoms with E-state index in [-0.39, 0.29) is 11.9 Å². The first-order valence-corrected chi connectivity index (χ1v) is 6.53. The number of carbonyl (C=O) groups is 1. The quantitative estimate of drug-likeness (QED) is 0.881. The summed E-state index contributed by atoms with van der Waals surface area (Å²) >= 11 is 0. The summed E-state index contributed by atoms with van der Waals surface area (Å²) in [5.74, 6) is 1.15. The highest BCUT2D eigenvalue weighted by molar-refractivity contribution is 5.77. The third-order valence-corrected chi connectivity index (χ3v) is 3.60. The molecular formula is C14H17N3O. The standard InChI is InChI=1S/C14H17N3O/c1-2-13(18)17-9-5-8-12(17)14-15-10-6-3-4-7-11(10)16-14/h3-4,6-7,12H,2,5,8-9H2,1H3,(H,15,16)/t12-/m0/s1. The molecule has 1 amide bonds. The molecule has 1 aromatic heterocycles. The van der Waals surface area contributed by atoms with E-state index in [9.17, 15) is 4.79 Å².